The lowest BCUT2D eigenvalue weighted by atomic mass is 9.97. The molecule has 1 aliphatic heterocycles. The molecule has 0 spiro atoms. The highest BCUT2D eigenvalue weighted by Crippen LogP contribution is 2.31. The molecule has 5 nitrogen and oxygen atoms in total. The van der Waals surface area contributed by atoms with Crippen LogP contribution < -0.4 is 16.0 Å². The summed E-state index contributed by atoms with van der Waals surface area (Å²) in [6, 6.07) is 0.539. The SMILES string of the molecule is CNC1C(NC=O)CSC1CCCCC(=O)NCC(C)(C)C. The Balaban J connectivity index is 2.19. The third-order valence-corrected chi connectivity index (χ3v) is 5.41. The molecule has 1 saturated heterocycles. The highest BCUT2D eigenvalue weighted by atomic mass is 32.2. The van der Waals surface area contributed by atoms with Crippen LogP contribution in [0, 0.1) is 5.41 Å². The van der Waals surface area contributed by atoms with Gasteiger partial charge in [0, 0.05) is 30.0 Å². The molecule has 0 aromatic carbocycles. The molecule has 3 unspecified atom stereocenters. The summed E-state index contributed by atoms with van der Waals surface area (Å²) >= 11 is 1.91. The number of likely N-dealkylation sites (N-methyl/N-ethyl adjacent to an activating group) is 1. The minimum absolute atomic E-state index is 0.136. The zero-order valence-electron chi connectivity index (χ0n) is 14.3. The second-order valence-electron chi connectivity index (χ2n) is 7.16. The van der Waals surface area contributed by atoms with Crippen LogP contribution in [-0.2, 0) is 9.59 Å². The zero-order valence-corrected chi connectivity index (χ0v) is 15.1. The summed E-state index contributed by atoms with van der Waals surface area (Å²) in [5.74, 6) is 1.11. The Hall–Kier alpha value is -0.750. The van der Waals surface area contributed by atoms with Gasteiger partial charge in [-0.1, -0.05) is 27.2 Å². The number of amides is 2. The van der Waals surface area contributed by atoms with Crippen molar-refractivity contribution in [2.45, 2.75) is 63.8 Å². The molecule has 0 bridgehead atoms. The highest BCUT2D eigenvalue weighted by Gasteiger charge is 2.34. The summed E-state index contributed by atoms with van der Waals surface area (Å²) < 4.78 is 0. The predicted octanol–water partition coefficient (Wildman–Crippen LogP) is 1.53. The topological polar surface area (TPSA) is 70.2 Å². The molecule has 3 N–H and O–H groups in total. The molecule has 0 aromatic heterocycles. The molecule has 0 aliphatic carbocycles. The van der Waals surface area contributed by atoms with Gasteiger partial charge in [-0.05, 0) is 25.3 Å². The van der Waals surface area contributed by atoms with E-state index in [-0.39, 0.29) is 17.4 Å². The Morgan fingerprint density at radius 1 is 1.32 bits per heavy atom. The first-order valence-corrected chi connectivity index (χ1v) is 9.17. The van der Waals surface area contributed by atoms with Gasteiger partial charge in [-0.15, -0.1) is 0 Å². The molecule has 1 aliphatic rings. The van der Waals surface area contributed by atoms with Crippen LogP contribution in [-0.4, -0.2) is 49.0 Å². The van der Waals surface area contributed by atoms with Crippen LogP contribution in [0.25, 0.3) is 0 Å². The van der Waals surface area contributed by atoms with E-state index in [1.807, 2.05) is 18.8 Å². The van der Waals surface area contributed by atoms with Crippen molar-refractivity contribution in [2.24, 2.45) is 5.41 Å². The van der Waals surface area contributed by atoms with Crippen LogP contribution in [0.2, 0.25) is 0 Å². The lowest BCUT2D eigenvalue weighted by molar-refractivity contribution is -0.121. The van der Waals surface area contributed by atoms with Gasteiger partial charge < -0.3 is 16.0 Å². The van der Waals surface area contributed by atoms with Crippen molar-refractivity contribution in [3.63, 3.8) is 0 Å². The fourth-order valence-corrected chi connectivity index (χ4v) is 4.29. The van der Waals surface area contributed by atoms with Gasteiger partial charge in [0.15, 0.2) is 0 Å². The maximum absolute atomic E-state index is 11.8. The molecule has 1 heterocycles. The Kier molecular flexibility index (Phi) is 8.25. The average Bonchev–Trinajstić information content (AvgIpc) is 2.83. The normalized spacial score (nSPS) is 25.0. The Morgan fingerprint density at radius 2 is 2.05 bits per heavy atom. The molecule has 0 saturated carbocycles. The first-order chi connectivity index (χ1) is 10.4. The van der Waals surface area contributed by atoms with E-state index >= 15 is 0 Å². The van der Waals surface area contributed by atoms with Crippen LogP contribution in [0.3, 0.4) is 0 Å². The largest absolute Gasteiger partial charge is 0.356 e. The number of nitrogens with one attached hydrogen (secondary N) is 3. The molecule has 1 rings (SSSR count). The second kappa shape index (κ2) is 9.40. The van der Waals surface area contributed by atoms with Gasteiger partial charge in [0.25, 0.3) is 0 Å². The molecular formula is C16H31N3O2S. The first-order valence-electron chi connectivity index (χ1n) is 8.12. The van der Waals surface area contributed by atoms with E-state index < -0.39 is 0 Å². The number of carbonyl (C=O) groups excluding carboxylic acids is 2. The summed E-state index contributed by atoms with van der Waals surface area (Å²) in [7, 11) is 1.95. The van der Waals surface area contributed by atoms with Gasteiger partial charge in [-0.25, -0.2) is 0 Å². The fraction of sp³-hybridized carbons (Fsp3) is 0.875. The summed E-state index contributed by atoms with van der Waals surface area (Å²) in [5, 5.41) is 9.70. The zero-order chi connectivity index (χ0) is 16.6. The van der Waals surface area contributed by atoms with Gasteiger partial charge in [0.1, 0.15) is 0 Å². The van der Waals surface area contributed by atoms with Crippen LogP contribution in [0.15, 0.2) is 0 Å². The molecular weight excluding hydrogens is 298 g/mol. The van der Waals surface area contributed by atoms with Crippen molar-refractivity contribution in [1.82, 2.24) is 16.0 Å². The molecule has 128 valence electrons. The Labute approximate surface area is 138 Å². The lowest BCUT2D eigenvalue weighted by Gasteiger charge is -2.23. The van der Waals surface area contributed by atoms with Gasteiger partial charge in [0.2, 0.25) is 12.3 Å². The monoisotopic (exact) mass is 329 g/mol. The fourth-order valence-electron chi connectivity index (χ4n) is 2.67. The summed E-state index contributed by atoms with van der Waals surface area (Å²) in [5.41, 5.74) is 0.136. The van der Waals surface area contributed by atoms with E-state index in [1.165, 1.54) is 0 Å². The minimum Gasteiger partial charge on any atom is -0.356 e. The number of unbranched alkanes of at least 4 members (excludes halogenated alkanes) is 1. The molecule has 6 heteroatoms. The molecule has 22 heavy (non-hydrogen) atoms. The number of carbonyl (C=O) groups is 2. The number of hydrogen-bond donors (Lipinski definition) is 3. The quantitative estimate of drug-likeness (QED) is 0.443. The Morgan fingerprint density at radius 3 is 2.64 bits per heavy atom. The molecule has 2 amide bonds. The Bertz CT molecular complexity index is 358. The van der Waals surface area contributed by atoms with Crippen molar-refractivity contribution < 1.29 is 9.59 Å². The number of rotatable bonds is 9. The van der Waals surface area contributed by atoms with Crippen molar-refractivity contribution in [2.75, 3.05) is 19.3 Å². The van der Waals surface area contributed by atoms with Crippen molar-refractivity contribution in [3.05, 3.63) is 0 Å². The minimum atomic E-state index is 0.136. The van der Waals surface area contributed by atoms with E-state index in [2.05, 4.69) is 36.7 Å². The maximum Gasteiger partial charge on any atom is 0.220 e. The third kappa shape index (κ3) is 7.01. The smallest absolute Gasteiger partial charge is 0.220 e. The van der Waals surface area contributed by atoms with E-state index in [0.29, 0.717) is 17.7 Å². The van der Waals surface area contributed by atoms with Crippen LogP contribution in [0.1, 0.15) is 46.5 Å². The maximum atomic E-state index is 11.8. The van der Waals surface area contributed by atoms with Crippen LogP contribution in [0.4, 0.5) is 0 Å². The van der Waals surface area contributed by atoms with Crippen molar-refractivity contribution in [1.29, 1.82) is 0 Å². The van der Waals surface area contributed by atoms with Gasteiger partial charge in [-0.2, -0.15) is 11.8 Å². The van der Waals surface area contributed by atoms with E-state index in [0.717, 1.165) is 38.0 Å². The standard InChI is InChI=1S/C16H31N3O2S/c1-16(2,3)10-18-14(21)8-6-5-7-13-15(17-4)12(9-22-13)19-11-20/h11-13,15,17H,5-10H2,1-4H3,(H,18,21)(H,19,20). The molecule has 0 aromatic rings. The van der Waals surface area contributed by atoms with E-state index in [1.54, 1.807) is 0 Å². The summed E-state index contributed by atoms with van der Waals surface area (Å²) in [6.07, 6.45) is 4.45. The van der Waals surface area contributed by atoms with E-state index in [9.17, 15) is 9.59 Å². The summed E-state index contributed by atoms with van der Waals surface area (Å²) in [6.45, 7) is 7.08. The van der Waals surface area contributed by atoms with E-state index in [4.69, 9.17) is 0 Å². The number of hydrogen-bond acceptors (Lipinski definition) is 4. The summed E-state index contributed by atoms with van der Waals surface area (Å²) in [4.78, 5) is 22.4. The lowest BCUT2D eigenvalue weighted by Crippen LogP contribution is -2.48. The van der Waals surface area contributed by atoms with Gasteiger partial charge in [0.05, 0.1) is 6.04 Å². The first kappa shape index (κ1) is 19.3. The van der Waals surface area contributed by atoms with Gasteiger partial charge >= 0.3 is 0 Å². The van der Waals surface area contributed by atoms with Crippen molar-refractivity contribution in [3.8, 4) is 0 Å². The molecule has 1 fully saturated rings. The highest BCUT2D eigenvalue weighted by molar-refractivity contribution is 8.00. The van der Waals surface area contributed by atoms with Crippen LogP contribution in [0.5, 0.6) is 0 Å². The van der Waals surface area contributed by atoms with Crippen LogP contribution >= 0.6 is 11.8 Å². The van der Waals surface area contributed by atoms with Gasteiger partial charge in [-0.3, -0.25) is 9.59 Å². The molecule has 0 radical (unpaired) electrons. The van der Waals surface area contributed by atoms with Crippen molar-refractivity contribution >= 4 is 24.1 Å². The average molecular weight is 330 g/mol. The predicted molar refractivity (Wildman–Crippen MR) is 93.0 cm³/mol. The third-order valence-electron chi connectivity index (χ3n) is 3.90. The second-order valence-corrected chi connectivity index (χ2v) is 8.43. The number of thioether (sulfide) groups is 1. The molecule has 3 atom stereocenters.